The summed E-state index contributed by atoms with van der Waals surface area (Å²) in [5.41, 5.74) is 0.650. The van der Waals surface area contributed by atoms with Gasteiger partial charge in [-0.05, 0) is 54.6 Å². The second kappa shape index (κ2) is 9.57. The van der Waals surface area contributed by atoms with Crippen LogP contribution in [0.5, 0.6) is 17.5 Å². The second-order valence-corrected chi connectivity index (χ2v) is 6.25. The van der Waals surface area contributed by atoms with Gasteiger partial charge in [0.15, 0.2) is 0 Å². The SMILES string of the molecule is CN(CCOc1ccc(Cl)cc1)C(=O)Nc1ccc(Oc2ncccn2)cc1. The van der Waals surface area contributed by atoms with Crippen LogP contribution in [-0.2, 0) is 0 Å². The maximum atomic E-state index is 12.3. The van der Waals surface area contributed by atoms with Crippen molar-refractivity contribution in [3.05, 3.63) is 72.0 Å². The van der Waals surface area contributed by atoms with Gasteiger partial charge >= 0.3 is 12.0 Å². The summed E-state index contributed by atoms with van der Waals surface area (Å²) in [6.07, 6.45) is 3.20. The lowest BCUT2D eigenvalue weighted by atomic mass is 10.3. The highest BCUT2D eigenvalue weighted by molar-refractivity contribution is 6.30. The third-order valence-electron chi connectivity index (χ3n) is 3.71. The number of nitrogens with zero attached hydrogens (tertiary/aromatic N) is 3. The van der Waals surface area contributed by atoms with Gasteiger partial charge in [-0.2, -0.15) is 0 Å². The van der Waals surface area contributed by atoms with Crippen LogP contribution in [0.3, 0.4) is 0 Å². The molecule has 144 valence electrons. The lowest BCUT2D eigenvalue weighted by Crippen LogP contribution is -2.34. The van der Waals surface area contributed by atoms with Crippen LogP contribution < -0.4 is 14.8 Å². The van der Waals surface area contributed by atoms with E-state index in [1.807, 2.05) is 0 Å². The summed E-state index contributed by atoms with van der Waals surface area (Å²) >= 11 is 5.83. The first-order chi connectivity index (χ1) is 13.6. The van der Waals surface area contributed by atoms with Crippen molar-refractivity contribution < 1.29 is 14.3 Å². The Morgan fingerprint density at radius 1 is 1.04 bits per heavy atom. The van der Waals surface area contributed by atoms with E-state index in [0.29, 0.717) is 35.4 Å². The fourth-order valence-electron chi connectivity index (χ4n) is 2.20. The molecule has 8 heteroatoms. The van der Waals surface area contributed by atoms with Crippen LogP contribution in [0, 0.1) is 0 Å². The third kappa shape index (κ3) is 5.85. The summed E-state index contributed by atoms with van der Waals surface area (Å²) in [6, 6.07) is 15.8. The van der Waals surface area contributed by atoms with Crippen molar-refractivity contribution in [1.29, 1.82) is 0 Å². The van der Waals surface area contributed by atoms with Gasteiger partial charge in [-0.25, -0.2) is 14.8 Å². The molecule has 0 saturated carbocycles. The first-order valence-corrected chi connectivity index (χ1v) is 8.93. The van der Waals surface area contributed by atoms with Crippen LogP contribution in [0.15, 0.2) is 67.0 Å². The minimum atomic E-state index is -0.236. The minimum Gasteiger partial charge on any atom is -0.492 e. The van der Waals surface area contributed by atoms with Gasteiger partial charge in [0, 0.05) is 30.2 Å². The van der Waals surface area contributed by atoms with Crippen molar-refractivity contribution in [3.8, 4) is 17.5 Å². The lowest BCUT2D eigenvalue weighted by Gasteiger charge is -2.18. The number of nitrogens with one attached hydrogen (secondary N) is 1. The summed E-state index contributed by atoms with van der Waals surface area (Å²) < 4.78 is 11.1. The second-order valence-electron chi connectivity index (χ2n) is 5.81. The predicted octanol–water partition coefficient (Wildman–Crippen LogP) is 4.47. The van der Waals surface area contributed by atoms with E-state index in [0.717, 1.165) is 0 Å². The van der Waals surface area contributed by atoms with Gasteiger partial charge < -0.3 is 19.7 Å². The Hall–Kier alpha value is -3.32. The van der Waals surface area contributed by atoms with Gasteiger partial charge in [-0.15, -0.1) is 0 Å². The molecule has 1 N–H and O–H groups in total. The third-order valence-corrected chi connectivity index (χ3v) is 3.96. The Bertz CT molecular complexity index is 890. The summed E-state index contributed by atoms with van der Waals surface area (Å²) in [4.78, 5) is 21.8. The lowest BCUT2D eigenvalue weighted by molar-refractivity contribution is 0.207. The summed E-state index contributed by atoms with van der Waals surface area (Å²) in [6.45, 7) is 0.802. The van der Waals surface area contributed by atoms with Crippen LogP contribution in [-0.4, -0.2) is 41.1 Å². The van der Waals surface area contributed by atoms with E-state index in [2.05, 4.69) is 15.3 Å². The van der Waals surface area contributed by atoms with Crippen LogP contribution in [0.2, 0.25) is 5.02 Å². The molecule has 0 atom stereocenters. The number of hydrogen-bond donors (Lipinski definition) is 1. The summed E-state index contributed by atoms with van der Waals surface area (Å²) in [7, 11) is 1.70. The molecule has 0 spiro atoms. The van der Waals surface area contributed by atoms with E-state index in [-0.39, 0.29) is 12.0 Å². The first-order valence-electron chi connectivity index (χ1n) is 8.55. The summed E-state index contributed by atoms with van der Waals surface area (Å²) in [5, 5.41) is 3.47. The van der Waals surface area contributed by atoms with Crippen molar-refractivity contribution in [2.45, 2.75) is 0 Å². The molecule has 1 heterocycles. The molecule has 2 aromatic carbocycles. The van der Waals surface area contributed by atoms with Crippen LogP contribution in [0.4, 0.5) is 10.5 Å². The zero-order valence-electron chi connectivity index (χ0n) is 15.2. The fourth-order valence-corrected chi connectivity index (χ4v) is 2.33. The number of ether oxygens (including phenoxy) is 2. The number of carbonyl (C=O) groups excluding carboxylic acids is 1. The molecule has 0 aliphatic heterocycles. The molecule has 0 bridgehead atoms. The van der Waals surface area contributed by atoms with Crippen LogP contribution in [0.1, 0.15) is 0 Å². The van der Waals surface area contributed by atoms with Gasteiger partial charge in [-0.3, -0.25) is 0 Å². The van der Waals surface area contributed by atoms with E-state index in [4.69, 9.17) is 21.1 Å². The highest BCUT2D eigenvalue weighted by Gasteiger charge is 2.09. The molecule has 2 amide bonds. The Kier molecular flexibility index (Phi) is 6.64. The largest absolute Gasteiger partial charge is 0.492 e. The quantitative estimate of drug-likeness (QED) is 0.635. The van der Waals surface area contributed by atoms with Gasteiger partial charge in [-0.1, -0.05) is 11.6 Å². The fraction of sp³-hybridized carbons (Fsp3) is 0.150. The Morgan fingerprint density at radius 2 is 1.68 bits per heavy atom. The van der Waals surface area contributed by atoms with Gasteiger partial charge in [0.1, 0.15) is 18.1 Å². The Labute approximate surface area is 167 Å². The number of urea groups is 1. The van der Waals surface area contributed by atoms with Crippen LogP contribution >= 0.6 is 11.6 Å². The van der Waals surface area contributed by atoms with Crippen LogP contribution in [0.25, 0.3) is 0 Å². The van der Waals surface area contributed by atoms with E-state index < -0.39 is 0 Å². The number of amides is 2. The number of rotatable bonds is 7. The monoisotopic (exact) mass is 398 g/mol. The number of carbonyl (C=O) groups is 1. The van der Waals surface area contributed by atoms with Gasteiger partial charge in [0.05, 0.1) is 6.54 Å². The Balaban J connectivity index is 1.44. The Morgan fingerprint density at radius 3 is 2.36 bits per heavy atom. The molecule has 0 unspecified atom stereocenters. The van der Waals surface area contributed by atoms with Crippen molar-refractivity contribution in [2.24, 2.45) is 0 Å². The molecular weight excluding hydrogens is 380 g/mol. The molecule has 0 aliphatic rings. The molecule has 28 heavy (non-hydrogen) atoms. The number of aromatic nitrogens is 2. The molecule has 1 aromatic heterocycles. The zero-order valence-corrected chi connectivity index (χ0v) is 16.0. The topological polar surface area (TPSA) is 76.6 Å². The highest BCUT2D eigenvalue weighted by Crippen LogP contribution is 2.20. The van der Waals surface area contributed by atoms with E-state index in [9.17, 15) is 4.79 Å². The van der Waals surface area contributed by atoms with Crippen molar-refractivity contribution in [1.82, 2.24) is 14.9 Å². The number of benzene rings is 2. The van der Waals surface area contributed by atoms with Crippen molar-refractivity contribution in [3.63, 3.8) is 0 Å². The molecule has 0 fully saturated rings. The number of halogens is 1. The molecule has 3 rings (SSSR count). The number of anilines is 1. The van der Waals surface area contributed by atoms with Gasteiger partial charge in [0.25, 0.3) is 0 Å². The zero-order chi connectivity index (χ0) is 19.8. The van der Waals surface area contributed by atoms with E-state index in [1.54, 1.807) is 74.0 Å². The van der Waals surface area contributed by atoms with Crippen molar-refractivity contribution in [2.75, 3.05) is 25.5 Å². The smallest absolute Gasteiger partial charge is 0.321 e. The normalized spacial score (nSPS) is 10.2. The van der Waals surface area contributed by atoms with E-state index in [1.165, 1.54) is 4.90 Å². The average Bonchev–Trinajstić information content (AvgIpc) is 2.71. The highest BCUT2D eigenvalue weighted by atomic mass is 35.5. The maximum Gasteiger partial charge on any atom is 0.321 e. The molecule has 7 nitrogen and oxygen atoms in total. The molecule has 0 saturated heterocycles. The molecule has 0 radical (unpaired) electrons. The number of hydrogen-bond acceptors (Lipinski definition) is 5. The number of likely N-dealkylation sites (N-methyl/N-ethyl adjacent to an activating group) is 1. The minimum absolute atomic E-state index is 0.236. The standard InChI is InChI=1S/C20H19ClN4O3/c1-25(13-14-27-17-7-3-15(21)4-8-17)20(26)24-16-5-9-18(10-6-16)28-19-22-11-2-12-23-19/h2-12H,13-14H2,1H3,(H,24,26). The van der Waals surface area contributed by atoms with Gasteiger partial charge in [0.2, 0.25) is 0 Å². The van der Waals surface area contributed by atoms with E-state index >= 15 is 0 Å². The maximum absolute atomic E-state index is 12.3. The molecular formula is C20H19ClN4O3. The first kappa shape index (κ1) is 19.4. The predicted molar refractivity (Wildman–Crippen MR) is 107 cm³/mol. The molecule has 3 aromatic rings. The average molecular weight is 399 g/mol. The summed E-state index contributed by atoms with van der Waals surface area (Å²) in [5.74, 6) is 1.28. The van der Waals surface area contributed by atoms with Crippen molar-refractivity contribution >= 4 is 23.3 Å². The molecule has 0 aliphatic carbocycles.